The van der Waals surface area contributed by atoms with Crippen molar-refractivity contribution in [3.05, 3.63) is 36.5 Å². The van der Waals surface area contributed by atoms with Gasteiger partial charge in [0.1, 0.15) is 0 Å². The molecule has 0 fully saturated rings. The first kappa shape index (κ1) is 72.1. The van der Waals surface area contributed by atoms with Crippen molar-refractivity contribution in [2.75, 3.05) is 13.2 Å². The number of unbranched alkanes of at least 4 members (excludes halogenated alkanes) is 47. The third kappa shape index (κ3) is 59.3. The van der Waals surface area contributed by atoms with E-state index >= 15 is 0 Å². The Balaban J connectivity index is 3.45. The van der Waals surface area contributed by atoms with Gasteiger partial charge in [0, 0.05) is 12.8 Å². The molecule has 0 rings (SSSR count). The van der Waals surface area contributed by atoms with Gasteiger partial charge in [0.05, 0.1) is 25.4 Å². The first-order valence-electron chi connectivity index (χ1n) is 33.3. The van der Waals surface area contributed by atoms with Crippen molar-refractivity contribution in [3.63, 3.8) is 0 Å². The van der Waals surface area contributed by atoms with Crippen molar-refractivity contribution in [3.8, 4) is 0 Å². The number of rotatable bonds is 62. The van der Waals surface area contributed by atoms with Gasteiger partial charge in [-0.1, -0.05) is 320 Å². The predicted octanol–water partition coefficient (Wildman–Crippen LogP) is 21.1. The van der Waals surface area contributed by atoms with E-state index in [1.807, 2.05) is 6.08 Å². The van der Waals surface area contributed by atoms with E-state index in [4.69, 9.17) is 4.74 Å². The fourth-order valence-corrected chi connectivity index (χ4v) is 10.3. The molecule has 0 radical (unpaired) electrons. The Morgan fingerprint density at radius 2 is 0.676 bits per heavy atom. The summed E-state index contributed by atoms with van der Waals surface area (Å²) in [5, 5.41) is 23.2. The molecule has 74 heavy (non-hydrogen) atoms. The Bertz CT molecular complexity index is 1200. The summed E-state index contributed by atoms with van der Waals surface area (Å²) in [5.41, 5.74) is 0. The lowest BCUT2D eigenvalue weighted by atomic mass is 10.0. The van der Waals surface area contributed by atoms with Gasteiger partial charge in [-0.3, -0.25) is 9.59 Å². The number of aliphatic hydroxyl groups excluding tert-OH is 2. The van der Waals surface area contributed by atoms with E-state index in [1.165, 1.54) is 289 Å². The number of carbonyl (C=O) groups excluding carboxylic acids is 2. The van der Waals surface area contributed by atoms with Crippen molar-refractivity contribution in [2.24, 2.45) is 0 Å². The molecule has 0 saturated carbocycles. The Labute approximate surface area is 462 Å². The molecule has 6 heteroatoms. The molecule has 0 aromatic carbocycles. The van der Waals surface area contributed by atoms with E-state index in [1.54, 1.807) is 6.08 Å². The molecule has 0 aromatic heterocycles. The smallest absolute Gasteiger partial charge is 0.305 e. The quantitative estimate of drug-likeness (QED) is 0.0320. The van der Waals surface area contributed by atoms with E-state index < -0.39 is 12.1 Å². The summed E-state index contributed by atoms with van der Waals surface area (Å²) < 4.78 is 5.48. The van der Waals surface area contributed by atoms with Crippen LogP contribution in [0.25, 0.3) is 0 Å². The van der Waals surface area contributed by atoms with Crippen molar-refractivity contribution >= 4 is 11.9 Å². The number of allylic oxidation sites excluding steroid dienone is 5. The highest BCUT2D eigenvalue weighted by Crippen LogP contribution is 2.18. The predicted molar refractivity (Wildman–Crippen MR) is 324 cm³/mol. The molecule has 6 nitrogen and oxygen atoms in total. The lowest BCUT2D eigenvalue weighted by Gasteiger charge is -2.20. The minimum atomic E-state index is -0.849. The summed E-state index contributed by atoms with van der Waals surface area (Å²) >= 11 is 0. The van der Waals surface area contributed by atoms with Crippen molar-refractivity contribution in [1.29, 1.82) is 0 Å². The number of amides is 1. The number of nitrogens with one attached hydrogen (secondary N) is 1. The Morgan fingerprint density at radius 1 is 0.378 bits per heavy atom. The van der Waals surface area contributed by atoms with Gasteiger partial charge in [0.2, 0.25) is 5.91 Å². The fraction of sp³-hybridized carbons (Fsp3) is 0.882. The molecule has 0 aliphatic heterocycles. The van der Waals surface area contributed by atoms with Gasteiger partial charge in [-0.2, -0.15) is 0 Å². The molecule has 0 spiro atoms. The fourth-order valence-electron chi connectivity index (χ4n) is 10.3. The monoisotopic (exact) mass is 1040 g/mol. The maximum atomic E-state index is 12.5. The summed E-state index contributed by atoms with van der Waals surface area (Å²) in [7, 11) is 0. The number of hydrogen-bond donors (Lipinski definition) is 3. The van der Waals surface area contributed by atoms with Crippen molar-refractivity contribution in [2.45, 2.75) is 373 Å². The second-order valence-electron chi connectivity index (χ2n) is 22.8. The first-order chi connectivity index (χ1) is 36.5. The van der Waals surface area contributed by atoms with Crippen LogP contribution < -0.4 is 5.32 Å². The molecule has 436 valence electrons. The van der Waals surface area contributed by atoms with Crippen molar-refractivity contribution in [1.82, 2.24) is 5.32 Å². The highest BCUT2D eigenvalue weighted by Gasteiger charge is 2.18. The van der Waals surface area contributed by atoms with Crippen LogP contribution in [-0.4, -0.2) is 47.4 Å². The number of carbonyl (C=O) groups is 2. The zero-order valence-corrected chi connectivity index (χ0v) is 49.8. The Morgan fingerprint density at radius 3 is 1.03 bits per heavy atom. The van der Waals surface area contributed by atoms with Gasteiger partial charge in [-0.05, 0) is 64.2 Å². The van der Waals surface area contributed by atoms with Gasteiger partial charge in [0.25, 0.3) is 0 Å². The summed E-state index contributed by atoms with van der Waals surface area (Å²) in [6.07, 6.45) is 80.6. The minimum Gasteiger partial charge on any atom is -0.466 e. The summed E-state index contributed by atoms with van der Waals surface area (Å²) in [4.78, 5) is 24.5. The number of hydrogen-bond acceptors (Lipinski definition) is 5. The summed E-state index contributed by atoms with van der Waals surface area (Å²) in [5.74, 6) is -0.0606. The second-order valence-corrected chi connectivity index (χ2v) is 22.8. The lowest BCUT2D eigenvalue weighted by Crippen LogP contribution is -2.45. The molecule has 0 aromatic rings. The number of ether oxygens (including phenoxy) is 1. The SMILES string of the molecule is CCCCCCCCCCCCCCCCCC/C=C/C(O)C(CO)NC(=O)CCCCCCCCCCC/C=C\C/C=C\CCCCCCCCCCCOC(=O)CCCCCCCCCCCCCCCC. The normalized spacial score (nSPS) is 12.8. The van der Waals surface area contributed by atoms with Gasteiger partial charge < -0.3 is 20.3 Å². The number of aliphatic hydroxyl groups is 2. The molecular formula is C68H129NO5. The third-order valence-corrected chi connectivity index (χ3v) is 15.4. The molecule has 0 aliphatic carbocycles. The summed E-state index contributed by atoms with van der Waals surface area (Å²) in [6, 6.07) is -0.633. The van der Waals surface area contributed by atoms with Crippen LogP contribution in [0.1, 0.15) is 361 Å². The lowest BCUT2D eigenvalue weighted by molar-refractivity contribution is -0.143. The third-order valence-electron chi connectivity index (χ3n) is 15.4. The zero-order chi connectivity index (χ0) is 53.6. The van der Waals surface area contributed by atoms with Crippen LogP contribution in [-0.2, 0) is 14.3 Å². The molecule has 3 N–H and O–H groups in total. The second kappa shape index (κ2) is 63.6. The maximum Gasteiger partial charge on any atom is 0.305 e. The topological polar surface area (TPSA) is 95.9 Å². The van der Waals surface area contributed by atoms with E-state index in [-0.39, 0.29) is 18.5 Å². The van der Waals surface area contributed by atoms with E-state index in [9.17, 15) is 19.8 Å². The van der Waals surface area contributed by atoms with Crippen LogP contribution >= 0.6 is 0 Å². The Kier molecular flexibility index (Phi) is 62.0. The average Bonchev–Trinajstić information content (AvgIpc) is 3.40. The highest BCUT2D eigenvalue weighted by molar-refractivity contribution is 5.76. The van der Waals surface area contributed by atoms with Crippen molar-refractivity contribution < 1.29 is 24.5 Å². The maximum absolute atomic E-state index is 12.5. The summed E-state index contributed by atoms with van der Waals surface area (Å²) in [6.45, 7) is 4.92. The van der Waals surface area contributed by atoms with E-state index in [0.29, 0.717) is 19.4 Å². The van der Waals surface area contributed by atoms with Crippen LogP contribution in [0.4, 0.5) is 0 Å². The molecular weight excluding hydrogens is 911 g/mol. The van der Waals surface area contributed by atoms with Gasteiger partial charge >= 0.3 is 5.97 Å². The van der Waals surface area contributed by atoms with Gasteiger partial charge in [-0.25, -0.2) is 0 Å². The van der Waals surface area contributed by atoms with Crippen LogP contribution in [0.5, 0.6) is 0 Å². The first-order valence-corrected chi connectivity index (χ1v) is 33.3. The largest absolute Gasteiger partial charge is 0.466 e. The molecule has 2 unspecified atom stereocenters. The molecule has 0 bridgehead atoms. The zero-order valence-electron chi connectivity index (χ0n) is 49.8. The van der Waals surface area contributed by atoms with Gasteiger partial charge in [-0.15, -0.1) is 0 Å². The molecule has 0 aliphatic rings. The van der Waals surface area contributed by atoms with Gasteiger partial charge in [0.15, 0.2) is 0 Å². The Hall–Kier alpha value is -1.92. The van der Waals surface area contributed by atoms with Crippen LogP contribution in [0.15, 0.2) is 36.5 Å². The van der Waals surface area contributed by atoms with Crippen LogP contribution in [0.2, 0.25) is 0 Å². The average molecular weight is 1040 g/mol. The standard InChI is InChI=1S/C68H129NO5/c1-3-5-7-9-11-13-15-17-19-20-30-33-36-40-44-48-52-56-60-66(71)65(64-70)69-67(72)61-57-53-49-45-41-37-34-31-28-26-24-22-21-23-25-27-29-32-35-39-43-47-51-55-59-63-74-68(73)62-58-54-50-46-42-38-18-16-14-12-10-8-6-4-2/h22-25,56,60,65-66,70-71H,3-21,26-55,57-59,61-64H2,1-2H3,(H,69,72)/b24-22-,25-23-,60-56+. The minimum absolute atomic E-state index is 0.0111. The molecule has 1 amide bonds. The van der Waals surface area contributed by atoms with E-state index in [2.05, 4.69) is 43.5 Å². The highest BCUT2D eigenvalue weighted by atomic mass is 16.5. The van der Waals surface area contributed by atoms with E-state index in [0.717, 1.165) is 44.9 Å². The van der Waals surface area contributed by atoms with Crippen LogP contribution in [0.3, 0.4) is 0 Å². The molecule has 0 saturated heterocycles. The molecule has 2 atom stereocenters. The number of esters is 1. The van der Waals surface area contributed by atoms with Crippen LogP contribution in [0, 0.1) is 0 Å². The molecule has 0 heterocycles.